The number of fused-ring (bicyclic) bond motifs is 1. The average Bonchev–Trinajstić information content (AvgIpc) is 3.30. The molecule has 160 valence electrons. The van der Waals surface area contributed by atoms with Crippen LogP contribution in [0.25, 0.3) is 5.78 Å². The third-order valence-electron chi connectivity index (χ3n) is 5.09. The number of anilines is 1. The summed E-state index contributed by atoms with van der Waals surface area (Å²) in [6.45, 7) is 3.82. The van der Waals surface area contributed by atoms with Gasteiger partial charge in [0.15, 0.2) is 5.16 Å². The van der Waals surface area contributed by atoms with Crippen LogP contribution < -0.4 is 9.64 Å². The number of hydrogen-bond donors (Lipinski definition) is 0. The molecule has 8 nitrogen and oxygen atoms in total. The van der Waals surface area contributed by atoms with E-state index in [1.54, 1.807) is 28.7 Å². The van der Waals surface area contributed by atoms with Gasteiger partial charge in [0, 0.05) is 17.8 Å². The largest absolute Gasteiger partial charge is 0.457 e. The van der Waals surface area contributed by atoms with Gasteiger partial charge in [-0.15, -0.1) is 10.2 Å². The number of nitrogens with zero attached hydrogens (tertiary/aromatic N) is 5. The van der Waals surface area contributed by atoms with Crippen molar-refractivity contribution in [3.63, 3.8) is 0 Å². The molecule has 0 spiro atoms. The predicted octanol–water partition coefficient (Wildman–Crippen LogP) is 3.96. The minimum Gasteiger partial charge on any atom is -0.457 e. The lowest BCUT2D eigenvalue weighted by Crippen LogP contribution is -2.31. The van der Waals surface area contributed by atoms with Crippen LogP contribution in [0, 0.1) is 13.8 Å². The van der Waals surface area contributed by atoms with Gasteiger partial charge in [0.1, 0.15) is 16.7 Å². The van der Waals surface area contributed by atoms with Crippen molar-refractivity contribution in [2.45, 2.75) is 30.7 Å². The first kappa shape index (κ1) is 20.2. The molecule has 0 radical (unpaired) electrons. The molecule has 4 aromatic rings. The van der Waals surface area contributed by atoms with Gasteiger partial charge in [-0.05, 0) is 56.3 Å². The summed E-state index contributed by atoms with van der Waals surface area (Å²) >= 11 is 1.24. The molecular weight excluding hydrogens is 426 g/mol. The zero-order valence-corrected chi connectivity index (χ0v) is 18.2. The number of para-hydroxylation sites is 1. The highest BCUT2D eigenvalue weighted by molar-refractivity contribution is 8.00. The lowest BCUT2D eigenvalue weighted by atomic mass is 10.2. The maximum atomic E-state index is 13.1. The zero-order valence-electron chi connectivity index (χ0n) is 17.4. The second-order valence-electron chi connectivity index (χ2n) is 7.44. The van der Waals surface area contributed by atoms with Gasteiger partial charge >= 0.3 is 0 Å². The smallest absolute Gasteiger partial charge is 0.256 e. The molecule has 1 aliphatic rings. The number of carbonyl (C=O) groups is 2. The van der Waals surface area contributed by atoms with Crippen molar-refractivity contribution in [2.75, 3.05) is 4.90 Å². The molecule has 0 bridgehead atoms. The van der Waals surface area contributed by atoms with Gasteiger partial charge in [-0.25, -0.2) is 9.88 Å². The van der Waals surface area contributed by atoms with E-state index in [1.165, 1.54) is 16.7 Å². The highest BCUT2D eigenvalue weighted by Gasteiger charge is 2.41. The van der Waals surface area contributed by atoms with Crippen molar-refractivity contribution in [3.05, 3.63) is 72.1 Å². The van der Waals surface area contributed by atoms with Crippen molar-refractivity contribution in [1.82, 2.24) is 19.6 Å². The summed E-state index contributed by atoms with van der Waals surface area (Å²) in [7, 11) is 0. The third kappa shape index (κ3) is 3.71. The van der Waals surface area contributed by atoms with Crippen LogP contribution in [0.5, 0.6) is 11.5 Å². The second-order valence-corrected chi connectivity index (χ2v) is 8.61. The number of imide groups is 1. The van der Waals surface area contributed by atoms with E-state index in [1.807, 2.05) is 50.2 Å². The Kier molecular flexibility index (Phi) is 5.10. The summed E-state index contributed by atoms with van der Waals surface area (Å²) in [4.78, 5) is 31.3. The Morgan fingerprint density at radius 3 is 2.44 bits per heavy atom. The molecule has 32 heavy (non-hydrogen) atoms. The first-order valence-corrected chi connectivity index (χ1v) is 10.9. The van der Waals surface area contributed by atoms with Gasteiger partial charge in [0.05, 0.1) is 5.69 Å². The molecule has 0 N–H and O–H groups in total. The molecule has 5 rings (SSSR count). The normalized spacial score (nSPS) is 16.2. The molecule has 1 saturated heterocycles. The first-order chi connectivity index (χ1) is 15.5. The molecule has 2 aromatic heterocycles. The summed E-state index contributed by atoms with van der Waals surface area (Å²) in [5, 5.41) is 8.26. The van der Waals surface area contributed by atoms with E-state index >= 15 is 0 Å². The molecule has 1 atom stereocenters. The third-order valence-corrected chi connectivity index (χ3v) is 6.22. The summed E-state index contributed by atoms with van der Waals surface area (Å²) in [5.74, 6) is 1.30. The molecule has 9 heteroatoms. The monoisotopic (exact) mass is 445 g/mol. The number of rotatable bonds is 5. The van der Waals surface area contributed by atoms with Crippen molar-refractivity contribution in [2.24, 2.45) is 0 Å². The van der Waals surface area contributed by atoms with Crippen LogP contribution in [0.2, 0.25) is 0 Å². The SMILES string of the molecule is Cc1cc(C)n2c(S[C@@H]3CC(=O)N(c4ccc(Oc5ccccc5)cc4)C3=O)nnc2n1. The van der Waals surface area contributed by atoms with Crippen LogP contribution >= 0.6 is 11.8 Å². The summed E-state index contributed by atoms with van der Waals surface area (Å²) in [5.41, 5.74) is 2.28. The van der Waals surface area contributed by atoms with Crippen LogP contribution in [-0.4, -0.2) is 36.6 Å². The quantitative estimate of drug-likeness (QED) is 0.430. The molecule has 3 heterocycles. The molecule has 0 saturated carbocycles. The molecule has 0 aliphatic carbocycles. The van der Waals surface area contributed by atoms with E-state index in [0.29, 0.717) is 28.1 Å². The van der Waals surface area contributed by atoms with Crippen molar-refractivity contribution in [3.8, 4) is 11.5 Å². The van der Waals surface area contributed by atoms with Crippen LogP contribution in [0.4, 0.5) is 5.69 Å². The van der Waals surface area contributed by atoms with Crippen molar-refractivity contribution < 1.29 is 14.3 Å². The maximum absolute atomic E-state index is 13.1. The maximum Gasteiger partial charge on any atom is 0.256 e. The van der Waals surface area contributed by atoms with Gasteiger partial charge < -0.3 is 4.74 Å². The van der Waals surface area contributed by atoms with Crippen molar-refractivity contribution in [1.29, 1.82) is 0 Å². The average molecular weight is 446 g/mol. The lowest BCUT2D eigenvalue weighted by molar-refractivity contribution is -0.121. The fraction of sp³-hybridized carbons (Fsp3) is 0.174. The number of hydrogen-bond acceptors (Lipinski definition) is 7. The summed E-state index contributed by atoms with van der Waals surface area (Å²) in [6.07, 6.45) is 0.0962. The Morgan fingerprint density at radius 1 is 0.969 bits per heavy atom. The number of aryl methyl sites for hydroxylation is 2. The number of amides is 2. The van der Waals surface area contributed by atoms with Crippen LogP contribution in [-0.2, 0) is 9.59 Å². The lowest BCUT2D eigenvalue weighted by Gasteiger charge is -2.15. The summed E-state index contributed by atoms with van der Waals surface area (Å²) < 4.78 is 7.58. The Labute approximate surface area is 188 Å². The fourth-order valence-corrected chi connectivity index (χ4v) is 4.76. The minimum atomic E-state index is -0.573. The summed E-state index contributed by atoms with van der Waals surface area (Å²) in [6, 6.07) is 18.2. The van der Waals surface area contributed by atoms with Gasteiger partial charge in [0.2, 0.25) is 11.8 Å². The van der Waals surface area contributed by atoms with E-state index in [9.17, 15) is 9.59 Å². The van der Waals surface area contributed by atoms with Crippen LogP contribution in [0.3, 0.4) is 0 Å². The second kappa shape index (κ2) is 8.08. The Bertz CT molecular complexity index is 1320. The zero-order chi connectivity index (χ0) is 22.2. The standard InChI is InChI=1S/C23H19N5O3S/c1-14-12-15(2)27-22(24-14)25-26-23(27)32-19-13-20(29)28(21(19)30)16-8-10-18(11-9-16)31-17-6-4-3-5-7-17/h3-12,19H,13H2,1-2H3/t19-/m1/s1. The predicted molar refractivity (Wildman–Crippen MR) is 120 cm³/mol. The molecule has 0 unspecified atom stereocenters. The topological polar surface area (TPSA) is 89.7 Å². The number of carbonyl (C=O) groups excluding carboxylic acids is 2. The van der Waals surface area contributed by atoms with Gasteiger partial charge in [-0.2, -0.15) is 0 Å². The van der Waals surface area contributed by atoms with E-state index in [2.05, 4.69) is 15.2 Å². The Morgan fingerprint density at radius 2 is 1.69 bits per heavy atom. The van der Waals surface area contributed by atoms with Gasteiger partial charge in [-0.3, -0.25) is 14.0 Å². The molecule has 1 fully saturated rings. The van der Waals surface area contributed by atoms with E-state index in [4.69, 9.17) is 4.74 Å². The van der Waals surface area contributed by atoms with Gasteiger partial charge in [-0.1, -0.05) is 30.0 Å². The Balaban J connectivity index is 1.34. The van der Waals surface area contributed by atoms with Gasteiger partial charge in [0.25, 0.3) is 5.78 Å². The van der Waals surface area contributed by atoms with E-state index < -0.39 is 5.25 Å². The van der Waals surface area contributed by atoms with E-state index in [0.717, 1.165) is 11.4 Å². The van der Waals surface area contributed by atoms with Crippen molar-refractivity contribution >= 4 is 35.0 Å². The highest BCUT2D eigenvalue weighted by Crippen LogP contribution is 2.34. The molecular formula is C23H19N5O3S. The molecule has 1 aliphatic heterocycles. The molecule has 2 amide bonds. The number of benzene rings is 2. The first-order valence-electron chi connectivity index (χ1n) is 10.1. The Hall–Kier alpha value is -3.72. The number of ether oxygens (including phenoxy) is 1. The number of aromatic nitrogens is 4. The van der Waals surface area contributed by atoms with Crippen LogP contribution in [0.15, 0.2) is 65.8 Å². The van der Waals surface area contributed by atoms with Crippen LogP contribution in [0.1, 0.15) is 17.8 Å². The number of thioether (sulfide) groups is 1. The minimum absolute atomic E-state index is 0.0962. The highest BCUT2D eigenvalue weighted by atomic mass is 32.2. The van der Waals surface area contributed by atoms with E-state index in [-0.39, 0.29) is 18.2 Å². The molecule has 2 aromatic carbocycles. The fourth-order valence-electron chi connectivity index (χ4n) is 3.66.